The molecule has 5 heteroatoms. The molecule has 0 aliphatic heterocycles. The lowest BCUT2D eigenvalue weighted by atomic mass is 10.0. The molecule has 0 heterocycles. The van der Waals surface area contributed by atoms with Crippen LogP contribution in [-0.2, 0) is 0 Å². The molecule has 0 aromatic heterocycles. The summed E-state index contributed by atoms with van der Waals surface area (Å²) in [6, 6.07) is 9.94. The van der Waals surface area contributed by atoms with Gasteiger partial charge in [-0.15, -0.1) is 0 Å². The van der Waals surface area contributed by atoms with Crippen molar-refractivity contribution in [2.24, 2.45) is 5.92 Å². The summed E-state index contributed by atoms with van der Waals surface area (Å²) in [5.41, 5.74) is 1.16. The molecule has 5 nitrogen and oxygen atoms in total. The van der Waals surface area contributed by atoms with Crippen molar-refractivity contribution in [2.75, 3.05) is 27.2 Å². The van der Waals surface area contributed by atoms with E-state index in [9.17, 15) is 9.90 Å². The van der Waals surface area contributed by atoms with E-state index in [1.807, 2.05) is 46.1 Å². The van der Waals surface area contributed by atoms with Gasteiger partial charge in [0.2, 0.25) is 0 Å². The van der Waals surface area contributed by atoms with E-state index >= 15 is 0 Å². The van der Waals surface area contributed by atoms with Crippen LogP contribution in [0.1, 0.15) is 31.9 Å². The van der Waals surface area contributed by atoms with Gasteiger partial charge in [0.1, 0.15) is 0 Å². The first-order chi connectivity index (χ1) is 10.5. The third-order valence-electron chi connectivity index (χ3n) is 4.04. The van der Waals surface area contributed by atoms with Crippen LogP contribution in [0.4, 0.5) is 4.79 Å². The molecule has 0 bridgehead atoms. The number of carbonyl (C=O) groups excluding carboxylic acids is 1. The minimum Gasteiger partial charge on any atom is -0.391 e. The van der Waals surface area contributed by atoms with E-state index in [2.05, 4.69) is 27.7 Å². The molecular formula is C17H29N3O2. The van der Waals surface area contributed by atoms with E-state index in [1.165, 1.54) is 0 Å². The van der Waals surface area contributed by atoms with Gasteiger partial charge < -0.3 is 20.6 Å². The number of aliphatic hydroxyl groups is 1. The van der Waals surface area contributed by atoms with Crippen molar-refractivity contribution in [3.8, 4) is 0 Å². The predicted octanol–water partition coefficient (Wildman–Crippen LogP) is 2.00. The number of likely N-dealkylation sites (N-methyl/N-ethyl adjacent to an activating group) is 1. The van der Waals surface area contributed by atoms with Crippen molar-refractivity contribution in [2.45, 2.75) is 32.4 Å². The zero-order chi connectivity index (χ0) is 16.5. The Bertz CT molecular complexity index is 437. The number of amides is 2. The van der Waals surface area contributed by atoms with Crippen molar-refractivity contribution in [3.05, 3.63) is 35.9 Å². The summed E-state index contributed by atoms with van der Waals surface area (Å²) in [4.78, 5) is 13.9. The molecule has 0 saturated heterocycles. The molecule has 1 aromatic carbocycles. The zero-order valence-corrected chi connectivity index (χ0v) is 14.0. The van der Waals surface area contributed by atoms with Gasteiger partial charge in [-0.2, -0.15) is 0 Å². The number of nitrogens with one attached hydrogen (secondary N) is 2. The van der Waals surface area contributed by atoms with E-state index in [-0.39, 0.29) is 24.5 Å². The highest BCUT2D eigenvalue weighted by atomic mass is 16.3. The van der Waals surface area contributed by atoms with Crippen molar-refractivity contribution in [1.29, 1.82) is 0 Å². The highest BCUT2D eigenvalue weighted by molar-refractivity contribution is 5.73. The number of hydrogen-bond acceptors (Lipinski definition) is 3. The van der Waals surface area contributed by atoms with Crippen molar-refractivity contribution in [1.82, 2.24) is 15.5 Å². The molecular weight excluding hydrogens is 278 g/mol. The van der Waals surface area contributed by atoms with E-state index in [0.29, 0.717) is 6.54 Å². The fraction of sp³-hybridized carbons (Fsp3) is 0.588. The van der Waals surface area contributed by atoms with Crippen LogP contribution < -0.4 is 10.6 Å². The molecule has 22 heavy (non-hydrogen) atoms. The van der Waals surface area contributed by atoms with E-state index < -0.39 is 6.10 Å². The number of urea groups is 1. The zero-order valence-electron chi connectivity index (χ0n) is 14.0. The van der Waals surface area contributed by atoms with Crippen LogP contribution in [0.2, 0.25) is 0 Å². The van der Waals surface area contributed by atoms with Gasteiger partial charge in [0.25, 0.3) is 0 Å². The fourth-order valence-corrected chi connectivity index (χ4v) is 2.20. The number of carbonyl (C=O) groups is 1. The third kappa shape index (κ3) is 6.03. The first kappa shape index (κ1) is 18.5. The van der Waals surface area contributed by atoms with Crippen LogP contribution >= 0.6 is 0 Å². The summed E-state index contributed by atoms with van der Waals surface area (Å²) in [5.74, 6) is 0.180. The molecule has 0 saturated carbocycles. The van der Waals surface area contributed by atoms with Crippen molar-refractivity contribution >= 4 is 6.03 Å². The monoisotopic (exact) mass is 307 g/mol. The summed E-state index contributed by atoms with van der Waals surface area (Å²) in [7, 11) is 3.98. The van der Waals surface area contributed by atoms with Gasteiger partial charge in [0, 0.05) is 13.1 Å². The number of hydrogen-bond donors (Lipinski definition) is 3. The Balaban J connectivity index is 2.44. The summed E-state index contributed by atoms with van der Waals surface area (Å²) < 4.78 is 0. The number of aliphatic hydroxyl groups excluding tert-OH is 1. The van der Waals surface area contributed by atoms with Crippen LogP contribution in [-0.4, -0.2) is 49.3 Å². The first-order valence-electron chi connectivity index (χ1n) is 7.86. The number of nitrogens with zero attached hydrogens (tertiary/aromatic N) is 1. The Labute approximate surface area is 133 Å². The Morgan fingerprint density at radius 2 is 1.77 bits per heavy atom. The van der Waals surface area contributed by atoms with Gasteiger partial charge in [-0.3, -0.25) is 0 Å². The Kier molecular flexibility index (Phi) is 7.91. The van der Waals surface area contributed by atoms with Gasteiger partial charge >= 0.3 is 6.03 Å². The van der Waals surface area contributed by atoms with Gasteiger partial charge in [-0.05, 0) is 25.6 Å². The molecule has 2 amide bonds. The number of benzene rings is 1. The summed E-state index contributed by atoms with van der Waals surface area (Å²) in [6.45, 7) is 4.79. The quantitative estimate of drug-likeness (QED) is 0.688. The second-order valence-corrected chi connectivity index (χ2v) is 5.93. The van der Waals surface area contributed by atoms with E-state index in [0.717, 1.165) is 12.0 Å². The maximum absolute atomic E-state index is 11.9. The molecule has 0 radical (unpaired) electrons. The second-order valence-electron chi connectivity index (χ2n) is 5.93. The molecule has 3 atom stereocenters. The number of rotatable bonds is 8. The van der Waals surface area contributed by atoms with Crippen LogP contribution in [0.15, 0.2) is 30.3 Å². The predicted molar refractivity (Wildman–Crippen MR) is 89.7 cm³/mol. The topological polar surface area (TPSA) is 64.6 Å². The largest absolute Gasteiger partial charge is 0.391 e. The van der Waals surface area contributed by atoms with Gasteiger partial charge in [0.15, 0.2) is 0 Å². The Morgan fingerprint density at radius 3 is 2.32 bits per heavy atom. The average molecular weight is 307 g/mol. The SMILES string of the molecule is CCC(C)C(O)CNC(=O)NCC(c1ccccc1)N(C)C. The van der Waals surface area contributed by atoms with Gasteiger partial charge in [-0.25, -0.2) is 4.79 Å². The van der Waals surface area contributed by atoms with Crippen molar-refractivity contribution in [3.63, 3.8) is 0 Å². The van der Waals surface area contributed by atoms with Crippen LogP contribution in [0.3, 0.4) is 0 Å². The van der Waals surface area contributed by atoms with E-state index in [4.69, 9.17) is 0 Å². The van der Waals surface area contributed by atoms with Crippen LogP contribution in [0.5, 0.6) is 0 Å². The molecule has 0 aliphatic rings. The molecule has 0 aliphatic carbocycles. The summed E-state index contributed by atoms with van der Waals surface area (Å²) in [6.07, 6.45) is 0.385. The fourth-order valence-electron chi connectivity index (χ4n) is 2.20. The van der Waals surface area contributed by atoms with Crippen molar-refractivity contribution < 1.29 is 9.90 Å². The Hall–Kier alpha value is -1.59. The first-order valence-corrected chi connectivity index (χ1v) is 7.86. The Morgan fingerprint density at radius 1 is 1.18 bits per heavy atom. The molecule has 124 valence electrons. The molecule has 0 fully saturated rings. The second kappa shape index (κ2) is 9.43. The smallest absolute Gasteiger partial charge is 0.314 e. The van der Waals surface area contributed by atoms with Crippen LogP contribution in [0.25, 0.3) is 0 Å². The molecule has 3 N–H and O–H groups in total. The maximum atomic E-state index is 11.9. The molecule has 3 unspecified atom stereocenters. The molecule has 1 aromatic rings. The molecule has 1 rings (SSSR count). The molecule has 0 spiro atoms. The van der Waals surface area contributed by atoms with E-state index in [1.54, 1.807) is 0 Å². The van der Waals surface area contributed by atoms with Gasteiger partial charge in [0.05, 0.1) is 12.1 Å². The lowest BCUT2D eigenvalue weighted by Crippen LogP contribution is -2.44. The lowest BCUT2D eigenvalue weighted by molar-refractivity contribution is 0.114. The maximum Gasteiger partial charge on any atom is 0.314 e. The highest BCUT2D eigenvalue weighted by Crippen LogP contribution is 2.16. The standard InChI is InChI=1S/C17H29N3O2/c1-5-13(2)16(21)12-19-17(22)18-11-15(20(3)4)14-9-7-6-8-10-14/h6-10,13,15-16,21H,5,11-12H2,1-4H3,(H2,18,19,22). The normalized spacial score (nSPS) is 15.2. The van der Waals surface area contributed by atoms with Gasteiger partial charge in [-0.1, -0.05) is 50.6 Å². The third-order valence-corrected chi connectivity index (χ3v) is 4.04. The lowest BCUT2D eigenvalue weighted by Gasteiger charge is -2.25. The minimum absolute atomic E-state index is 0.117. The highest BCUT2D eigenvalue weighted by Gasteiger charge is 2.16. The summed E-state index contributed by atoms with van der Waals surface area (Å²) in [5, 5.41) is 15.5. The summed E-state index contributed by atoms with van der Waals surface area (Å²) >= 11 is 0. The minimum atomic E-state index is -0.505. The van der Waals surface area contributed by atoms with Crippen LogP contribution in [0, 0.1) is 5.92 Å². The average Bonchev–Trinajstić information content (AvgIpc) is 2.52.